The van der Waals surface area contributed by atoms with Crippen molar-refractivity contribution < 1.29 is 27.1 Å². The lowest BCUT2D eigenvalue weighted by molar-refractivity contribution is -0.274. The van der Waals surface area contributed by atoms with Crippen LogP contribution in [0.25, 0.3) is 11.3 Å². The van der Waals surface area contributed by atoms with Crippen molar-refractivity contribution in [3.8, 4) is 17.1 Å². The Morgan fingerprint density at radius 2 is 2.06 bits per heavy atom. The van der Waals surface area contributed by atoms with Crippen LogP contribution in [-0.4, -0.2) is 46.7 Å². The Balaban J connectivity index is 1.73. The summed E-state index contributed by atoms with van der Waals surface area (Å²) >= 11 is 1.08. The SMILES string of the molecule is Cc1oc(-c2cccc(OC(F)(F)F)c2)cc1C(=O)Nc1nc(CC(C)N(C)C)ns1. The second-order valence-corrected chi connectivity index (χ2v) is 7.89. The zero-order valence-corrected chi connectivity index (χ0v) is 18.1. The molecule has 166 valence electrons. The molecule has 0 saturated carbocycles. The average molecular weight is 454 g/mol. The number of hydrogen-bond donors (Lipinski definition) is 1. The zero-order chi connectivity index (χ0) is 22.8. The van der Waals surface area contributed by atoms with E-state index in [1.165, 1.54) is 24.3 Å². The van der Waals surface area contributed by atoms with Crippen molar-refractivity contribution in [3.63, 3.8) is 0 Å². The minimum absolute atomic E-state index is 0.244. The van der Waals surface area contributed by atoms with E-state index in [4.69, 9.17) is 4.42 Å². The molecule has 7 nitrogen and oxygen atoms in total. The molecule has 1 unspecified atom stereocenters. The smallest absolute Gasteiger partial charge is 0.461 e. The first-order valence-electron chi connectivity index (χ1n) is 9.29. The van der Waals surface area contributed by atoms with Gasteiger partial charge < -0.3 is 14.1 Å². The van der Waals surface area contributed by atoms with E-state index >= 15 is 0 Å². The molecule has 2 heterocycles. The van der Waals surface area contributed by atoms with E-state index < -0.39 is 12.3 Å². The van der Waals surface area contributed by atoms with E-state index in [0.717, 1.165) is 11.5 Å². The summed E-state index contributed by atoms with van der Waals surface area (Å²) in [6, 6.07) is 7.06. The molecule has 0 aliphatic carbocycles. The van der Waals surface area contributed by atoms with Crippen LogP contribution < -0.4 is 10.1 Å². The Bertz CT molecular complexity index is 1060. The lowest BCUT2D eigenvalue weighted by Crippen LogP contribution is -2.27. The summed E-state index contributed by atoms with van der Waals surface area (Å²) in [5.41, 5.74) is 0.593. The van der Waals surface area contributed by atoms with Gasteiger partial charge in [0.2, 0.25) is 5.13 Å². The minimum atomic E-state index is -4.80. The van der Waals surface area contributed by atoms with Crippen LogP contribution in [0.2, 0.25) is 0 Å². The molecule has 11 heteroatoms. The molecular weight excluding hydrogens is 433 g/mol. The molecule has 0 bridgehead atoms. The van der Waals surface area contributed by atoms with Gasteiger partial charge in [-0.15, -0.1) is 13.2 Å². The van der Waals surface area contributed by atoms with Gasteiger partial charge in [0, 0.05) is 29.6 Å². The molecule has 0 radical (unpaired) electrons. The predicted octanol–water partition coefficient (Wildman–Crippen LogP) is 4.75. The van der Waals surface area contributed by atoms with Crippen LogP contribution in [0.3, 0.4) is 0 Å². The molecule has 0 spiro atoms. The summed E-state index contributed by atoms with van der Waals surface area (Å²) in [6.45, 7) is 3.64. The fourth-order valence-electron chi connectivity index (χ4n) is 2.70. The highest BCUT2D eigenvalue weighted by atomic mass is 32.1. The number of ether oxygens (including phenoxy) is 1. The molecule has 1 amide bonds. The summed E-state index contributed by atoms with van der Waals surface area (Å²) in [7, 11) is 3.92. The molecule has 0 fully saturated rings. The van der Waals surface area contributed by atoms with Crippen LogP contribution in [-0.2, 0) is 6.42 Å². The lowest BCUT2D eigenvalue weighted by atomic mass is 10.1. The van der Waals surface area contributed by atoms with Gasteiger partial charge in [-0.05, 0) is 46.1 Å². The number of amides is 1. The second-order valence-electron chi connectivity index (χ2n) is 7.14. The molecule has 2 aromatic heterocycles. The summed E-state index contributed by atoms with van der Waals surface area (Å²) in [4.78, 5) is 19.0. The van der Waals surface area contributed by atoms with E-state index in [2.05, 4.69) is 19.4 Å². The van der Waals surface area contributed by atoms with Crippen molar-refractivity contribution >= 4 is 22.6 Å². The lowest BCUT2D eigenvalue weighted by Gasteiger charge is -2.17. The highest BCUT2D eigenvalue weighted by molar-refractivity contribution is 7.09. The van der Waals surface area contributed by atoms with Gasteiger partial charge in [-0.3, -0.25) is 10.1 Å². The topological polar surface area (TPSA) is 80.5 Å². The maximum atomic E-state index is 12.7. The van der Waals surface area contributed by atoms with Crippen LogP contribution in [0.5, 0.6) is 5.75 Å². The molecule has 3 aromatic rings. The molecule has 1 aromatic carbocycles. The van der Waals surface area contributed by atoms with Gasteiger partial charge in [0.25, 0.3) is 5.91 Å². The maximum Gasteiger partial charge on any atom is 0.573 e. The molecule has 31 heavy (non-hydrogen) atoms. The first kappa shape index (κ1) is 22.8. The Morgan fingerprint density at radius 1 is 1.32 bits per heavy atom. The van der Waals surface area contributed by atoms with Crippen molar-refractivity contribution in [2.45, 2.75) is 32.7 Å². The van der Waals surface area contributed by atoms with Gasteiger partial charge in [0.15, 0.2) is 0 Å². The Morgan fingerprint density at radius 3 is 2.74 bits per heavy atom. The molecule has 3 rings (SSSR count). The van der Waals surface area contributed by atoms with Gasteiger partial charge in [-0.1, -0.05) is 12.1 Å². The van der Waals surface area contributed by atoms with E-state index in [-0.39, 0.29) is 23.1 Å². The number of alkyl halides is 3. The Labute approximate surface area is 181 Å². The number of likely N-dealkylation sites (N-methyl/N-ethyl adjacent to an activating group) is 1. The number of halogens is 3. The summed E-state index contributed by atoms with van der Waals surface area (Å²) in [5.74, 6) is 0.373. The summed E-state index contributed by atoms with van der Waals surface area (Å²) in [6.07, 6.45) is -4.15. The number of benzene rings is 1. The first-order chi connectivity index (χ1) is 14.5. The van der Waals surface area contributed by atoms with Crippen molar-refractivity contribution in [1.29, 1.82) is 0 Å². The highest BCUT2D eigenvalue weighted by Gasteiger charge is 2.31. The second kappa shape index (κ2) is 9.06. The van der Waals surface area contributed by atoms with E-state index in [1.54, 1.807) is 13.0 Å². The molecular formula is C20H21F3N4O3S. The van der Waals surface area contributed by atoms with Crippen LogP contribution in [0, 0.1) is 6.92 Å². The standard InChI is InChI=1S/C20H21F3N4O3S/c1-11(27(3)4)8-17-24-19(31-26-17)25-18(28)15-10-16(29-12(15)2)13-6-5-7-14(9-13)30-20(21,22)23/h5-7,9-11H,8H2,1-4H3,(H,24,25,26,28). The highest BCUT2D eigenvalue weighted by Crippen LogP contribution is 2.31. The van der Waals surface area contributed by atoms with E-state index in [0.29, 0.717) is 28.7 Å². The van der Waals surface area contributed by atoms with Crippen LogP contribution in [0.15, 0.2) is 34.7 Å². The fraction of sp³-hybridized carbons (Fsp3) is 0.350. The number of nitrogens with zero attached hydrogens (tertiary/aromatic N) is 3. The van der Waals surface area contributed by atoms with Gasteiger partial charge in [-0.25, -0.2) is 4.98 Å². The number of anilines is 1. The third-order valence-corrected chi connectivity index (χ3v) is 5.23. The Hall–Kier alpha value is -2.92. The predicted molar refractivity (Wildman–Crippen MR) is 110 cm³/mol. The number of aryl methyl sites for hydroxylation is 1. The average Bonchev–Trinajstić information content (AvgIpc) is 3.26. The van der Waals surface area contributed by atoms with Crippen molar-refractivity contribution in [3.05, 3.63) is 47.5 Å². The maximum absolute atomic E-state index is 12.7. The number of furan rings is 1. The number of carbonyl (C=O) groups is 1. The quantitative estimate of drug-likeness (QED) is 0.555. The molecule has 1 N–H and O–H groups in total. The van der Waals surface area contributed by atoms with Crippen LogP contribution in [0.1, 0.15) is 28.9 Å². The van der Waals surface area contributed by atoms with E-state index in [9.17, 15) is 18.0 Å². The van der Waals surface area contributed by atoms with E-state index in [1.807, 2.05) is 25.9 Å². The third kappa shape index (κ3) is 6.05. The number of nitrogens with one attached hydrogen (secondary N) is 1. The number of hydrogen-bond acceptors (Lipinski definition) is 7. The van der Waals surface area contributed by atoms with Crippen LogP contribution in [0.4, 0.5) is 18.3 Å². The van der Waals surface area contributed by atoms with Crippen molar-refractivity contribution in [2.24, 2.45) is 0 Å². The van der Waals surface area contributed by atoms with Gasteiger partial charge >= 0.3 is 6.36 Å². The largest absolute Gasteiger partial charge is 0.573 e. The zero-order valence-electron chi connectivity index (χ0n) is 17.3. The third-order valence-electron chi connectivity index (χ3n) is 4.56. The summed E-state index contributed by atoms with van der Waals surface area (Å²) < 4.78 is 51.2. The minimum Gasteiger partial charge on any atom is -0.461 e. The molecule has 0 aliphatic heterocycles. The normalized spacial score (nSPS) is 12.8. The molecule has 0 saturated heterocycles. The molecule has 1 atom stereocenters. The van der Waals surface area contributed by atoms with Crippen molar-refractivity contribution in [2.75, 3.05) is 19.4 Å². The fourth-order valence-corrected chi connectivity index (χ4v) is 3.29. The van der Waals surface area contributed by atoms with Gasteiger partial charge in [-0.2, -0.15) is 4.37 Å². The Kier molecular flexibility index (Phi) is 6.65. The summed E-state index contributed by atoms with van der Waals surface area (Å²) in [5, 5.41) is 3.04. The molecule has 0 aliphatic rings. The van der Waals surface area contributed by atoms with Gasteiger partial charge in [0.1, 0.15) is 23.1 Å². The van der Waals surface area contributed by atoms with Crippen molar-refractivity contribution in [1.82, 2.24) is 14.3 Å². The first-order valence-corrected chi connectivity index (χ1v) is 10.1. The van der Waals surface area contributed by atoms with Gasteiger partial charge in [0.05, 0.1) is 5.56 Å². The number of aromatic nitrogens is 2. The number of carbonyl (C=O) groups excluding carboxylic acids is 1. The number of rotatable bonds is 7. The monoisotopic (exact) mass is 454 g/mol. The van der Waals surface area contributed by atoms with Crippen LogP contribution >= 0.6 is 11.5 Å².